The van der Waals surface area contributed by atoms with E-state index in [9.17, 15) is 4.79 Å². The van der Waals surface area contributed by atoms with Gasteiger partial charge in [0.05, 0.1) is 0 Å². The van der Waals surface area contributed by atoms with Gasteiger partial charge < -0.3 is 5.32 Å². The zero-order valence-corrected chi connectivity index (χ0v) is 14.4. The summed E-state index contributed by atoms with van der Waals surface area (Å²) in [7, 11) is 0. The smallest absolute Gasteiger partial charge is 0.238 e. The number of aryl methyl sites for hydroxylation is 1. The third kappa shape index (κ3) is 6.40. The number of rotatable bonds is 6. The Hall–Kier alpha value is -1.88. The molecule has 0 saturated carbocycles. The minimum Gasteiger partial charge on any atom is -0.331 e. The highest BCUT2D eigenvalue weighted by Crippen LogP contribution is 2.19. The van der Waals surface area contributed by atoms with Crippen molar-refractivity contribution < 1.29 is 4.79 Å². The van der Waals surface area contributed by atoms with Gasteiger partial charge in [-0.25, -0.2) is 0 Å². The number of allylic oxidation sites excluding steroid dienone is 2. The molecule has 23 heavy (non-hydrogen) atoms. The van der Waals surface area contributed by atoms with Crippen LogP contribution in [-0.2, 0) is 11.2 Å². The Kier molecular flexibility index (Phi) is 7.07. The number of unbranched alkanes of at least 4 members (excludes halogenated alkanes) is 1. The fourth-order valence-electron chi connectivity index (χ4n) is 2.58. The van der Waals surface area contributed by atoms with Crippen molar-refractivity contribution in [3.05, 3.63) is 42.0 Å². The molecular formula is C18H25N3OS. The third-order valence-corrected chi connectivity index (χ3v) is 4.11. The molecule has 1 aliphatic rings. The van der Waals surface area contributed by atoms with Crippen molar-refractivity contribution in [2.45, 2.75) is 45.4 Å². The lowest BCUT2D eigenvalue weighted by Gasteiger charge is -2.13. The second-order valence-corrected chi connectivity index (χ2v) is 6.31. The maximum Gasteiger partial charge on any atom is 0.238 e. The zero-order valence-electron chi connectivity index (χ0n) is 13.6. The maximum absolute atomic E-state index is 11.8. The first-order chi connectivity index (χ1) is 11.2. The van der Waals surface area contributed by atoms with Crippen LogP contribution in [0.1, 0.15) is 44.6 Å². The quantitative estimate of drug-likeness (QED) is 0.423. The van der Waals surface area contributed by atoms with Gasteiger partial charge in [0.25, 0.3) is 0 Å². The maximum atomic E-state index is 11.8. The molecule has 0 fully saturated rings. The van der Waals surface area contributed by atoms with Crippen molar-refractivity contribution in [1.29, 1.82) is 0 Å². The number of hydrazine groups is 1. The van der Waals surface area contributed by atoms with Gasteiger partial charge in [0, 0.05) is 12.1 Å². The summed E-state index contributed by atoms with van der Waals surface area (Å²) in [6, 6.07) is 8.21. The molecule has 0 heterocycles. The Morgan fingerprint density at radius 3 is 2.70 bits per heavy atom. The number of nitrogens with one attached hydrogen (secondary N) is 3. The van der Waals surface area contributed by atoms with Crippen LogP contribution in [0.2, 0.25) is 0 Å². The number of amides is 1. The van der Waals surface area contributed by atoms with E-state index in [1.54, 1.807) is 0 Å². The van der Waals surface area contributed by atoms with Gasteiger partial charge >= 0.3 is 0 Å². The molecule has 124 valence electrons. The first kappa shape index (κ1) is 17.5. The molecule has 0 spiro atoms. The van der Waals surface area contributed by atoms with Crippen LogP contribution in [-0.4, -0.2) is 11.0 Å². The van der Waals surface area contributed by atoms with Crippen LogP contribution in [0.5, 0.6) is 0 Å². The molecule has 4 nitrogen and oxygen atoms in total. The molecule has 0 aliphatic heterocycles. The predicted octanol–water partition coefficient (Wildman–Crippen LogP) is 3.70. The largest absolute Gasteiger partial charge is 0.331 e. The Bertz CT molecular complexity index is 554. The van der Waals surface area contributed by atoms with Gasteiger partial charge in [0.2, 0.25) is 5.91 Å². The molecule has 1 atom stereocenters. The highest BCUT2D eigenvalue weighted by Gasteiger charge is 2.13. The third-order valence-electron chi connectivity index (χ3n) is 3.91. The van der Waals surface area contributed by atoms with Crippen LogP contribution in [0.4, 0.5) is 5.69 Å². The molecule has 5 heteroatoms. The molecule has 3 N–H and O–H groups in total. The molecule has 1 aromatic carbocycles. The van der Waals surface area contributed by atoms with Crippen LogP contribution in [0.15, 0.2) is 36.4 Å². The molecule has 1 amide bonds. The van der Waals surface area contributed by atoms with Crippen LogP contribution in [0.3, 0.4) is 0 Å². The molecule has 0 bridgehead atoms. The summed E-state index contributed by atoms with van der Waals surface area (Å²) in [5, 5.41) is 3.46. The monoisotopic (exact) mass is 331 g/mol. The van der Waals surface area contributed by atoms with E-state index in [1.165, 1.54) is 18.4 Å². The number of anilines is 1. The zero-order chi connectivity index (χ0) is 16.5. The summed E-state index contributed by atoms with van der Waals surface area (Å²) < 4.78 is 0. The van der Waals surface area contributed by atoms with E-state index in [1.807, 2.05) is 12.1 Å². The first-order valence-corrected chi connectivity index (χ1v) is 8.69. The standard InChI is InChI=1S/C18H25N3OS/c1-2-3-6-14-9-11-16(12-10-14)19-18(23)21-20-17(22)13-15-7-4-5-8-15/h4,7,9-12,15H,2-3,5-6,8,13H2,1H3,(H,20,22)(H2,19,21,23)/t15-/m1/s1. The summed E-state index contributed by atoms with van der Waals surface area (Å²) in [6.07, 6.45) is 10.4. The molecule has 2 rings (SSSR count). The van der Waals surface area contributed by atoms with Gasteiger partial charge in [0.15, 0.2) is 5.11 Å². The highest BCUT2D eigenvalue weighted by atomic mass is 32.1. The van der Waals surface area contributed by atoms with Crippen LogP contribution < -0.4 is 16.2 Å². The van der Waals surface area contributed by atoms with Gasteiger partial charge in [-0.2, -0.15) is 0 Å². The average molecular weight is 331 g/mol. The molecule has 0 radical (unpaired) electrons. The molecule has 1 aromatic rings. The minimum atomic E-state index is -0.0411. The van der Waals surface area contributed by atoms with E-state index in [0.717, 1.165) is 24.9 Å². The van der Waals surface area contributed by atoms with Crippen molar-refractivity contribution in [3.8, 4) is 0 Å². The van der Waals surface area contributed by atoms with Crippen molar-refractivity contribution >= 4 is 28.9 Å². The van der Waals surface area contributed by atoms with Gasteiger partial charge in [-0.3, -0.25) is 15.6 Å². The first-order valence-electron chi connectivity index (χ1n) is 8.29. The fraction of sp³-hybridized carbons (Fsp3) is 0.444. The Morgan fingerprint density at radius 2 is 2.04 bits per heavy atom. The van der Waals surface area contributed by atoms with Gasteiger partial charge in [0.1, 0.15) is 0 Å². The number of carbonyl (C=O) groups excluding carboxylic acids is 1. The SMILES string of the molecule is CCCCc1ccc(NC(=S)NNC(=O)C[C@@H]2C=CCC2)cc1. The predicted molar refractivity (Wildman–Crippen MR) is 99.0 cm³/mol. The fourth-order valence-corrected chi connectivity index (χ4v) is 2.75. The Morgan fingerprint density at radius 1 is 1.26 bits per heavy atom. The Balaban J connectivity index is 1.69. The average Bonchev–Trinajstić information content (AvgIpc) is 3.05. The molecular weight excluding hydrogens is 306 g/mol. The van der Waals surface area contributed by atoms with E-state index in [2.05, 4.69) is 47.4 Å². The van der Waals surface area contributed by atoms with Crippen molar-refractivity contribution in [1.82, 2.24) is 10.9 Å². The topological polar surface area (TPSA) is 53.2 Å². The number of hydrogen-bond acceptors (Lipinski definition) is 2. The van der Waals surface area contributed by atoms with Crippen molar-refractivity contribution in [3.63, 3.8) is 0 Å². The highest BCUT2D eigenvalue weighted by molar-refractivity contribution is 7.80. The number of benzene rings is 1. The summed E-state index contributed by atoms with van der Waals surface area (Å²) in [6.45, 7) is 2.19. The molecule has 0 unspecified atom stereocenters. The van der Waals surface area contributed by atoms with Crippen LogP contribution in [0.25, 0.3) is 0 Å². The lowest BCUT2D eigenvalue weighted by Crippen LogP contribution is -2.44. The van der Waals surface area contributed by atoms with E-state index in [-0.39, 0.29) is 5.91 Å². The molecule has 0 saturated heterocycles. The summed E-state index contributed by atoms with van der Waals surface area (Å²) in [4.78, 5) is 11.8. The summed E-state index contributed by atoms with van der Waals surface area (Å²) in [5.41, 5.74) is 7.63. The summed E-state index contributed by atoms with van der Waals surface area (Å²) in [5.74, 6) is 0.314. The van der Waals surface area contributed by atoms with Crippen LogP contribution >= 0.6 is 12.2 Å². The minimum absolute atomic E-state index is 0.0411. The van der Waals surface area contributed by atoms with Gasteiger partial charge in [-0.1, -0.05) is 37.6 Å². The van der Waals surface area contributed by atoms with Crippen molar-refractivity contribution in [2.24, 2.45) is 5.92 Å². The molecule has 1 aliphatic carbocycles. The lowest BCUT2D eigenvalue weighted by atomic mass is 10.1. The lowest BCUT2D eigenvalue weighted by molar-refractivity contribution is -0.122. The van der Waals surface area contributed by atoms with E-state index >= 15 is 0 Å². The van der Waals surface area contributed by atoms with E-state index in [0.29, 0.717) is 17.5 Å². The molecule has 0 aromatic heterocycles. The van der Waals surface area contributed by atoms with Crippen LogP contribution in [0, 0.1) is 5.92 Å². The number of thiocarbonyl (C=S) groups is 1. The van der Waals surface area contributed by atoms with Crippen molar-refractivity contribution in [2.75, 3.05) is 5.32 Å². The second-order valence-electron chi connectivity index (χ2n) is 5.90. The normalized spacial score (nSPS) is 16.1. The van der Waals surface area contributed by atoms with Gasteiger partial charge in [-0.15, -0.1) is 0 Å². The number of carbonyl (C=O) groups is 1. The van der Waals surface area contributed by atoms with Gasteiger partial charge in [-0.05, 0) is 61.5 Å². The number of hydrogen-bond donors (Lipinski definition) is 3. The van der Waals surface area contributed by atoms with E-state index in [4.69, 9.17) is 12.2 Å². The summed E-state index contributed by atoms with van der Waals surface area (Å²) >= 11 is 5.19. The second kappa shape index (κ2) is 9.30. The van der Waals surface area contributed by atoms with E-state index < -0.39 is 0 Å². The Labute approximate surface area is 143 Å².